The van der Waals surface area contributed by atoms with Gasteiger partial charge in [-0.25, -0.2) is 4.98 Å². The number of anilines is 1. The summed E-state index contributed by atoms with van der Waals surface area (Å²) >= 11 is 0. The zero-order valence-electron chi connectivity index (χ0n) is 16.4. The summed E-state index contributed by atoms with van der Waals surface area (Å²) in [7, 11) is 0. The first-order chi connectivity index (χ1) is 14.7. The monoisotopic (exact) mass is 399 g/mol. The van der Waals surface area contributed by atoms with Gasteiger partial charge in [-0.05, 0) is 43.0 Å². The van der Waals surface area contributed by atoms with Crippen LogP contribution in [-0.2, 0) is 0 Å². The Balaban J connectivity index is 1.40. The molecule has 2 aromatic heterocycles. The third kappa shape index (κ3) is 3.18. The number of carbonyl (C=O) groups is 1. The lowest BCUT2D eigenvalue weighted by Crippen LogP contribution is -2.50. The molecule has 2 saturated heterocycles. The van der Waals surface area contributed by atoms with E-state index in [9.17, 15) is 10.1 Å². The molecule has 0 radical (unpaired) electrons. The van der Waals surface area contributed by atoms with Crippen molar-refractivity contribution in [1.29, 1.82) is 5.26 Å². The third-order valence-corrected chi connectivity index (χ3v) is 6.09. The van der Waals surface area contributed by atoms with Gasteiger partial charge in [-0.3, -0.25) is 4.79 Å². The van der Waals surface area contributed by atoms with E-state index in [1.54, 1.807) is 24.7 Å². The smallest absolute Gasteiger partial charge is 0.256 e. The van der Waals surface area contributed by atoms with Crippen molar-refractivity contribution >= 4 is 11.7 Å². The molecule has 0 N–H and O–H groups in total. The van der Waals surface area contributed by atoms with E-state index in [-0.39, 0.29) is 11.9 Å². The molecule has 0 aliphatic carbocycles. The fourth-order valence-electron chi connectivity index (χ4n) is 4.59. The summed E-state index contributed by atoms with van der Waals surface area (Å²) in [5, 5.41) is 17.6. The van der Waals surface area contributed by atoms with Gasteiger partial charge in [-0.1, -0.05) is 12.1 Å². The maximum absolute atomic E-state index is 13.4. The molecule has 8 nitrogen and oxygen atoms in total. The molecular formula is C22H21N7O. The van der Waals surface area contributed by atoms with Crippen molar-refractivity contribution in [2.45, 2.75) is 18.9 Å². The normalized spacial score (nSPS) is 20.6. The molecule has 2 fully saturated rings. The Hall–Kier alpha value is -3.73. The van der Waals surface area contributed by atoms with Crippen molar-refractivity contribution in [3.8, 4) is 11.8 Å². The minimum Gasteiger partial charge on any atom is -0.352 e. The SMILES string of the molecule is N#Cc1ccnc(N2CC[C@@H]3CCN(C(=O)c4ccccc4-n4nccn4)C[C@@H]32)c1. The second-order valence-corrected chi connectivity index (χ2v) is 7.70. The van der Waals surface area contributed by atoms with Crippen LogP contribution in [0.5, 0.6) is 0 Å². The number of aromatic nitrogens is 4. The number of para-hydroxylation sites is 1. The van der Waals surface area contributed by atoms with E-state index < -0.39 is 0 Å². The quantitative estimate of drug-likeness (QED) is 0.671. The van der Waals surface area contributed by atoms with E-state index in [4.69, 9.17) is 0 Å². The second-order valence-electron chi connectivity index (χ2n) is 7.70. The van der Waals surface area contributed by atoms with Gasteiger partial charge in [0.15, 0.2) is 0 Å². The Kier molecular flexibility index (Phi) is 4.64. The zero-order valence-corrected chi connectivity index (χ0v) is 16.4. The highest BCUT2D eigenvalue weighted by atomic mass is 16.2. The van der Waals surface area contributed by atoms with Crippen LogP contribution in [0.25, 0.3) is 5.69 Å². The Bertz CT molecular complexity index is 1100. The van der Waals surface area contributed by atoms with Gasteiger partial charge in [0.05, 0.1) is 41.3 Å². The number of hydrogen-bond acceptors (Lipinski definition) is 6. The molecule has 150 valence electrons. The average Bonchev–Trinajstić information content (AvgIpc) is 3.48. The molecule has 1 aromatic carbocycles. The van der Waals surface area contributed by atoms with Crippen LogP contribution in [0.1, 0.15) is 28.8 Å². The van der Waals surface area contributed by atoms with Crippen LogP contribution in [0.3, 0.4) is 0 Å². The van der Waals surface area contributed by atoms with Crippen LogP contribution in [-0.4, -0.2) is 56.5 Å². The van der Waals surface area contributed by atoms with E-state index in [1.165, 1.54) is 4.80 Å². The number of likely N-dealkylation sites (tertiary alicyclic amines) is 1. The summed E-state index contributed by atoms with van der Waals surface area (Å²) in [6.07, 6.45) is 6.93. The molecule has 0 unspecified atom stereocenters. The van der Waals surface area contributed by atoms with E-state index in [1.807, 2.05) is 35.2 Å². The van der Waals surface area contributed by atoms with Gasteiger partial charge in [-0.15, -0.1) is 0 Å². The van der Waals surface area contributed by atoms with Crippen LogP contribution >= 0.6 is 0 Å². The topological polar surface area (TPSA) is 90.9 Å². The van der Waals surface area contributed by atoms with Gasteiger partial charge in [0.25, 0.3) is 5.91 Å². The Morgan fingerprint density at radius 3 is 2.70 bits per heavy atom. The molecule has 0 bridgehead atoms. The molecule has 8 heteroatoms. The first kappa shape index (κ1) is 18.3. The van der Waals surface area contributed by atoms with Crippen molar-refractivity contribution in [3.63, 3.8) is 0 Å². The number of fused-ring (bicyclic) bond motifs is 1. The summed E-state index contributed by atoms with van der Waals surface area (Å²) in [4.78, 5) is 23.6. The van der Waals surface area contributed by atoms with Crippen LogP contribution in [0, 0.1) is 17.2 Å². The fourth-order valence-corrected chi connectivity index (χ4v) is 4.59. The van der Waals surface area contributed by atoms with Gasteiger partial charge < -0.3 is 9.80 Å². The van der Waals surface area contributed by atoms with Gasteiger partial charge in [0.2, 0.25) is 0 Å². The number of piperidine rings is 1. The number of amides is 1. The van der Waals surface area contributed by atoms with Crippen LogP contribution < -0.4 is 4.90 Å². The lowest BCUT2D eigenvalue weighted by atomic mass is 9.91. The molecule has 1 amide bonds. The third-order valence-electron chi connectivity index (χ3n) is 6.09. The summed E-state index contributed by atoms with van der Waals surface area (Å²) in [5.74, 6) is 1.34. The number of pyridine rings is 1. The second kappa shape index (κ2) is 7.59. The minimum absolute atomic E-state index is 0.00747. The summed E-state index contributed by atoms with van der Waals surface area (Å²) in [6, 6.07) is 13.4. The zero-order chi connectivity index (χ0) is 20.5. The number of nitrogens with zero attached hydrogens (tertiary/aromatic N) is 7. The summed E-state index contributed by atoms with van der Waals surface area (Å²) in [6.45, 7) is 2.27. The number of carbonyl (C=O) groups excluding carboxylic acids is 1. The van der Waals surface area contributed by atoms with Crippen molar-refractivity contribution in [3.05, 3.63) is 66.1 Å². The first-order valence-electron chi connectivity index (χ1n) is 10.1. The average molecular weight is 399 g/mol. The molecule has 2 aliphatic rings. The lowest BCUT2D eigenvalue weighted by Gasteiger charge is -2.39. The molecule has 0 saturated carbocycles. The summed E-state index contributed by atoms with van der Waals surface area (Å²) in [5.41, 5.74) is 1.88. The maximum Gasteiger partial charge on any atom is 0.256 e. The number of nitriles is 1. The highest BCUT2D eigenvalue weighted by Crippen LogP contribution is 2.35. The van der Waals surface area contributed by atoms with Gasteiger partial charge in [0, 0.05) is 25.8 Å². The Morgan fingerprint density at radius 2 is 1.87 bits per heavy atom. The maximum atomic E-state index is 13.4. The predicted octanol–water partition coefficient (Wildman–Crippen LogP) is 2.27. The summed E-state index contributed by atoms with van der Waals surface area (Å²) < 4.78 is 0. The molecule has 30 heavy (non-hydrogen) atoms. The molecule has 3 aromatic rings. The van der Waals surface area contributed by atoms with Crippen molar-refractivity contribution < 1.29 is 4.79 Å². The van der Waals surface area contributed by atoms with Gasteiger partial charge in [-0.2, -0.15) is 20.3 Å². The highest BCUT2D eigenvalue weighted by molar-refractivity contribution is 5.97. The van der Waals surface area contributed by atoms with Gasteiger partial charge in [0.1, 0.15) is 5.82 Å². The minimum atomic E-state index is -0.00747. The number of rotatable bonds is 3. The van der Waals surface area contributed by atoms with Crippen molar-refractivity contribution in [2.24, 2.45) is 5.92 Å². The Morgan fingerprint density at radius 1 is 1.07 bits per heavy atom. The van der Waals surface area contributed by atoms with Crippen molar-refractivity contribution in [1.82, 2.24) is 24.9 Å². The van der Waals surface area contributed by atoms with E-state index in [0.29, 0.717) is 29.3 Å². The highest BCUT2D eigenvalue weighted by Gasteiger charge is 2.40. The molecule has 0 spiro atoms. The standard InChI is InChI=1S/C22H21N7O/c23-14-16-5-8-24-21(13-16)28-12-7-17-6-11-27(15-20(17)28)22(30)18-3-1-2-4-19(18)29-25-9-10-26-29/h1-5,8-10,13,17,20H,6-7,11-12,15H2/t17-,20-/m0/s1. The molecule has 2 aliphatic heterocycles. The first-order valence-corrected chi connectivity index (χ1v) is 10.1. The fraction of sp³-hybridized carbons (Fsp3) is 0.318. The Labute approximate surface area is 174 Å². The molecule has 4 heterocycles. The number of hydrogen-bond donors (Lipinski definition) is 0. The van der Waals surface area contributed by atoms with E-state index in [2.05, 4.69) is 26.2 Å². The van der Waals surface area contributed by atoms with Crippen LogP contribution in [0.4, 0.5) is 5.82 Å². The largest absolute Gasteiger partial charge is 0.352 e. The van der Waals surface area contributed by atoms with Crippen LogP contribution in [0.15, 0.2) is 55.0 Å². The molecular weight excluding hydrogens is 378 g/mol. The van der Waals surface area contributed by atoms with E-state index >= 15 is 0 Å². The lowest BCUT2D eigenvalue weighted by molar-refractivity contribution is 0.0678. The van der Waals surface area contributed by atoms with Crippen molar-refractivity contribution in [2.75, 3.05) is 24.5 Å². The molecule has 2 atom stereocenters. The van der Waals surface area contributed by atoms with E-state index in [0.717, 1.165) is 31.7 Å². The predicted molar refractivity (Wildman–Crippen MR) is 110 cm³/mol. The molecule has 5 rings (SSSR count). The van der Waals surface area contributed by atoms with Crippen LogP contribution in [0.2, 0.25) is 0 Å². The van der Waals surface area contributed by atoms with Gasteiger partial charge >= 0.3 is 0 Å². The number of benzene rings is 1.